The number of anilines is 1. The minimum Gasteiger partial charge on any atom is -0.457 e. The van der Waals surface area contributed by atoms with Crippen LogP contribution in [0.2, 0.25) is 0 Å². The lowest BCUT2D eigenvalue weighted by Crippen LogP contribution is -2.05. The molecule has 0 aliphatic carbocycles. The van der Waals surface area contributed by atoms with Crippen molar-refractivity contribution in [2.24, 2.45) is 0 Å². The number of hydrogen-bond acceptors (Lipinski definition) is 3. The van der Waals surface area contributed by atoms with Crippen LogP contribution in [0, 0.1) is 0 Å². The van der Waals surface area contributed by atoms with E-state index in [9.17, 15) is 4.79 Å². The van der Waals surface area contributed by atoms with Gasteiger partial charge >= 0.3 is 0 Å². The van der Waals surface area contributed by atoms with Crippen molar-refractivity contribution in [3.63, 3.8) is 0 Å². The van der Waals surface area contributed by atoms with Crippen LogP contribution in [0.1, 0.15) is 6.92 Å². The summed E-state index contributed by atoms with van der Waals surface area (Å²) in [6.07, 6.45) is 3.34. The topological polar surface area (TPSA) is 51.2 Å². The molecule has 4 heteroatoms. The van der Waals surface area contributed by atoms with Gasteiger partial charge in [0.15, 0.2) is 0 Å². The average Bonchev–Trinajstić information content (AvgIpc) is 2.32. The van der Waals surface area contributed by atoms with E-state index in [1.54, 1.807) is 48.8 Å². The van der Waals surface area contributed by atoms with Crippen molar-refractivity contribution in [2.75, 3.05) is 5.32 Å². The molecule has 0 saturated heterocycles. The molecule has 2 aromatic rings. The lowest BCUT2D eigenvalue weighted by molar-refractivity contribution is -0.114. The Bertz CT molecular complexity index is 495. The van der Waals surface area contributed by atoms with Crippen molar-refractivity contribution in [1.82, 2.24) is 4.98 Å². The number of nitrogens with zero attached hydrogens (tertiary/aromatic N) is 1. The van der Waals surface area contributed by atoms with Crippen LogP contribution in [-0.2, 0) is 4.79 Å². The summed E-state index contributed by atoms with van der Waals surface area (Å²) < 4.78 is 5.59. The lowest BCUT2D eigenvalue weighted by Gasteiger charge is -2.06. The van der Waals surface area contributed by atoms with Gasteiger partial charge in [-0.25, -0.2) is 0 Å². The van der Waals surface area contributed by atoms with E-state index < -0.39 is 0 Å². The van der Waals surface area contributed by atoms with Crippen LogP contribution in [0.4, 0.5) is 5.69 Å². The molecule has 0 unspecified atom stereocenters. The van der Waals surface area contributed by atoms with E-state index in [1.807, 2.05) is 0 Å². The molecular formula is C13H12N2O2. The quantitative estimate of drug-likeness (QED) is 0.878. The Kier molecular flexibility index (Phi) is 3.35. The van der Waals surface area contributed by atoms with E-state index in [-0.39, 0.29) is 5.91 Å². The number of pyridine rings is 1. The van der Waals surface area contributed by atoms with Gasteiger partial charge in [-0.3, -0.25) is 9.78 Å². The van der Waals surface area contributed by atoms with Gasteiger partial charge in [0.05, 0.1) is 0 Å². The standard InChI is InChI=1S/C13H12N2O2/c1-10(16)15-11-2-4-12(5-3-11)17-13-6-8-14-9-7-13/h2-9H,1H3,(H,15,16). The maximum atomic E-state index is 10.8. The lowest BCUT2D eigenvalue weighted by atomic mass is 10.3. The number of hydrogen-bond donors (Lipinski definition) is 1. The minimum atomic E-state index is -0.0900. The van der Waals surface area contributed by atoms with Gasteiger partial charge in [0, 0.05) is 25.0 Å². The molecule has 0 saturated carbocycles. The summed E-state index contributed by atoms with van der Waals surface area (Å²) in [7, 11) is 0. The second-order valence-electron chi connectivity index (χ2n) is 3.49. The third-order valence-corrected chi connectivity index (χ3v) is 2.06. The smallest absolute Gasteiger partial charge is 0.221 e. The molecule has 1 N–H and O–H groups in total. The van der Waals surface area contributed by atoms with Gasteiger partial charge in [-0.05, 0) is 36.4 Å². The van der Waals surface area contributed by atoms with Crippen LogP contribution >= 0.6 is 0 Å². The van der Waals surface area contributed by atoms with Crippen LogP contribution in [-0.4, -0.2) is 10.9 Å². The molecule has 0 aliphatic heterocycles. The van der Waals surface area contributed by atoms with Crippen LogP contribution in [0.25, 0.3) is 0 Å². The third kappa shape index (κ3) is 3.31. The Morgan fingerprint density at radius 3 is 2.24 bits per heavy atom. The summed E-state index contributed by atoms with van der Waals surface area (Å²) in [6, 6.07) is 10.7. The maximum Gasteiger partial charge on any atom is 0.221 e. The highest BCUT2D eigenvalue weighted by Crippen LogP contribution is 2.22. The van der Waals surface area contributed by atoms with E-state index in [2.05, 4.69) is 10.3 Å². The summed E-state index contributed by atoms with van der Waals surface area (Å²) >= 11 is 0. The largest absolute Gasteiger partial charge is 0.457 e. The van der Waals surface area contributed by atoms with Gasteiger partial charge in [-0.1, -0.05) is 0 Å². The fraction of sp³-hybridized carbons (Fsp3) is 0.0769. The Balaban J connectivity index is 2.06. The van der Waals surface area contributed by atoms with E-state index in [0.29, 0.717) is 5.75 Å². The highest BCUT2D eigenvalue weighted by molar-refractivity contribution is 5.88. The van der Waals surface area contributed by atoms with Gasteiger partial charge in [-0.15, -0.1) is 0 Å². The van der Waals surface area contributed by atoms with Gasteiger partial charge in [-0.2, -0.15) is 0 Å². The van der Waals surface area contributed by atoms with E-state index >= 15 is 0 Å². The molecule has 1 amide bonds. The van der Waals surface area contributed by atoms with Gasteiger partial charge in [0.25, 0.3) is 0 Å². The zero-order chi connectivity index (χ0) is 12.1. The molecule has 17 heavy (non-hydrogen) atoms. The van der Waals surface area contributed by atoms with Crippen molar-refractivity contribution in [3.8, 4) is 11.5 Å². The molecule has 4 nitrogen and oxygen atoms in total. The summed E-state index contributed by atoms with van der Waals surface area (Å²) in [5.74, 6) is 1.35. The number of benzene rings is 1. The van der Waals surface area contributed by atoms with E-state index in [0.717, 1.165) is 11.4 Å². The Hall–Kier alpha value is -2.36. The SMILES string of the molecule is CC(=O)Nc1ccc(Oc2ccncc2)cc1. The molecule has 0 radical (unpaired) electrons. The molecular weight excluding hydrogens is 216 g/mol. The zero-order valence-electron chi connectivity index (χ0n) is 9.38. The highest BCUT2D eigenvalue weighted by atomic mass is 16.5. The predicted molar refractivity (Wildman–Crippen MR) is 65.1 cm³/mol. The minimum absolute atomic E-state index is 0.0900. The van der Waals surface area contributed by atoms with Gasteiger partial charge in [0.2, 0.25) is 5.91 Å². The number of nitrogens with one attached hydrogen (secondary N) is 1. The fourth-order valence-electron chi connectivity index (χ4n) is 1.35. The summed E-state index contributed by atoms with van der Waals surface area (Å²) in [5.41, 5.74) is 0.750. The third-order valence-electron chi connectivity index (χ3n) is 2.06. The molecule has 0 bridgehead atoms. The Morgan fingerprint density at radius 1 is 1.06 bits per heavy atom. The zero-order valence-corrected chi connectivity index (χ0v) is 9.38. The molecule has 0 aliphatic rings. The number of carbonyl (C=O) groups excluding carboxylic acids is 1. The van der Waals surface area contributed by atoms with Crippen molar-refractivity contribution in [1.29, 1.82) is 0 Å². The molecule has 1 aromatic heterocycles. The van der Waals surface area contributed by atoms with Crippen molar-refractivity contribution in [2.45, 2.75) is 6.92 Å². The van der Waals surface area contributed by atoms with Crippen LogP contribution in [0.5, 0.6) is 11.5 Å². The number of carbonyl (C=O) groups is 1. The Morgan fingerprint density at radius 2 is 1.65 bits per heavy atom. The van der Waals surface area contributed by atoms with E-state index in [1.165, 1.54) is 6.92 Å². The fourth-order valence-corrected chi connectivity index (χ4v) is 1.35. The first-order chi connectivity index (χ1) is 8.24. The van der Waals surface area contributed by atoms with Gasteiger partial charge in [0.1, 0.15) is 11.5 Å². The monoisotopic (exact) mass is 228 g/mol. The van der Waals surface area contributed by atoms with Crippen molar-refractivity contribution >= 4 is 11.6 Å². The molecule has 1 aromatic carbocycles. The average molecular weight is 228 g/mol. The number of amides is 1. The van der Waals surface area contributed by atoms with Crippen LogP contribution < -0.4 is 10.1 Å². The summed E-state index contributed by atoms with van der Waals surface area (Å²) in [6.45, 7) is 1.47. The normalized spacial score (nSPS) is 9.71. The molecule has 0 fully saturated rings. The van der Waals surface area contributed by atoms with Crippen molar-refractivity contribution in [3.05, 3.63) is 48.8 Å². The second kappa shape index (κ2) is 5.12. The first-order valence-corrected chi connectivity index (χ1v) is 5.19. The first-order valence-electron chi connectivity index (χ1n) is 5.19. The number of rotatable bonds is 3. The van der Waals surface area contributed by atoms with Crippen LogP contribution in [0.3, 0.4) is 0 Å². The van der Waals surface area contributed by atoms with E-state index in [4.69, 9.17) is 4.74 Å². The summed E-state index contributed by atoms with van der Waals surface area (Å²) in [4.78, 5) is 14.7. The van der Waals surface area contributed by atoms with Crippen molar-refractivity contribution < 1.29 is 9.53 Å². The first kappa shape index (κ1) is 11.1. The number of aromatic nitrogens is 1. The molecule has 0 spiro atoms. The second-order valence-corrected chi connectivity index (χ2v) is 3.49. The molecule has 1 heterocycles. The molecule has 0 atom stereocenters. The molecule has 2 rings (SSSR count). The maximum absolute atomic E-state index is 10.8. The summed E-state index contributed by atoms with van der Waals surface area (Å²) in [5, 5.41) is 2.69. The molecule has 86 valence electrons. The highest BCUT2D eigenvalue weighted by Gasteiger charge is 1.98. The van der Waals surface area contributed by atoms with Gasteiger partial charge < -0.3 is 10.1 Å². The predicted octanol–water partition coefficient (Wildman–Crippen LogP) is 2.83. The number of ether oxygens (including phenoxy) is 1. The van der Waals surface area contributed by atoms with Crippen LogP contribution in [0.15, 0.2) is 48.8 Å². The Labute approximate surface area is 99.3 Å².